The molecule has 3 N–H and O–H groups in total. The number of aromatic carboxylic acids is 1. The lowest BCUT2D eigenvalue weighted by atomic mass is 10.1. The van der Waals surface area contributed by atoms with Gasteiger partial charge >= 0.3 is 12.0 Å². The van der Waals surface area contributed by atoms with Crippen molar-refractivity contribution < 1.29 is 14.7 Å². The van der Waals surface area contributed by atoms with E-state index in [1.165, 1.54) is 12.1 Å². The molecular formula is C13H15BrN2O3S. The number of carbonyl (C=O) groups is 2. The molecule has 0 atom stereocenters. The van der Waals surface area contributed by atoms with Crippen molar-refractivity contribution in [3.8, 4) is 0 Å². The molecule has 0 bridgehead atoms. The number of carbonyl (C=O) groups excluding carboxylic acids is 1. The highest BCUT2D eigenvalue weighted by Crippen LogP contribution is 2.24. The van der Waals surface area contributed by atoms with Crippen LogP contribution in [0.5, 0.6) is 0 Å². The van der Waals surface area contributed by atoms with Crippen molar-refractivity contribution >= 4 is 45.4 Å². The van der Waals surface area contributed by atoms with Gasteiger partial charge in [0.2, 0.25) is 0 Å². The summed E-state index contributed by atoms with van der Waals surface area (Å²) in [5, 5.41) is 14.5. The first-order valence-corrected chi connectivity index (χ1v) is 8.19. The molecule has 5 nitrogen and oxygen atoms in total. The fraction of sp³-hybridized carbons (Fsp3) is 0.385. The van der Waals surface area contributed by atoms with Gasteiger partial charge in [-0.05, 0) is 58.5 Å². The van der Waals surface area contributed by atoms with E-state index in [1.54, 1.807) is 6.07 Å². The molecule has 1 heterocycles. The summed E-state index contributed by atoms with van der Waals surface area (Å²) in [5.41, 5.74) is 0.588. The van der Waals surface area contributed by atoms with Gasteiger partial charge in [-0.1, -0.05) is 0 Å². The number of hydrogen-bond donors (Lipinski definition) is 3. The second kappa shape index (κ2) is 6.99. The SMILES string of the molecule is O=C(Nc1cc(C(=O)O)ccc1Br)NC1CCSCC1. The molecular weight excluding hydrogens is 344 g/mol. The Labute approximate surface area is 129 Å². The normalized spacial score (nSPS) is 15.7. The van der Waals surface area contributed by atoms with Crippen LogP contribution in [-0.2, 0) is 0 Å². The van der Waals surface area contributed by atoms with Gasteiger partial charge in [-0.2, -0.15) is 11.8 Å². The van der Waals surface area contributed by atoms with Crippen molar-refractivity contribution in [3.63, 3.8) is 0 Å². The third-order valence-corrected chi connectivity index (χ3v) is 4.76. The molecule has 1 aromatic carbocycles. The van der Waals surface area contributed by atoms with Crippen LogP contribution in [0.3, 0.4) is 0 Å². The Kier molecular flexibility index (Phi) is 5.31. The summed E-state index contributed by atoms with van der Waals surface area (Å²) in [4.78, 5) is 22.8. The summed E-state index contributed by atoms with van der Waals surface area (Å²) in [6, 6.07) is 4.41. The molecule has 108 valence electrons. The zero-order valence-corrected chi connectivity index (χ0v) is 13.1. The first-order chi connectivity index (χ1) is 9.56. The average molecular weight is 359 g/mol. The summed E-state index contributed by atoms with van der Waals surface area (Å²) >= 11 is 5.19. The van der Waals surface area contributed by atoms with Crippen LogP contribution in [0.2, 0.25) is 0 Å². The van der Waals surface area contributed by atoms with Gasteiger partial charge in [-0.15, -0.1) is 0 Å². The van der Waals surface area contributed by atoms with Crippen LogP contribution in [0.4, 0.5) is 10.5 Å². The number of rotatable bonds is 3. The Hall–Kier alpha value is -1.21. The number of halogens is 1. The number of amides is 2. The van der Waals surface area contributed by atoms with Crippen LogP contribution in [0.1, 0.15) is 23.2 Å². The standard InChI is InChI=1S/C13H15BrN2O3S/c14-10-2-1-8(12(17)18)7-11(10)16-13(19)15-9-3-5-20-6-4-9/h1-2,7,9H,3-6H2,(H,17,18)(H2,15,16,19). The molecule has 1 aliphatic heterocycles. The van der Waals surface area contributed by atoms with Gasteiger partial charge < -0.3 is 15.7 Å². The van der Waals surface area contributed by atoms with Gasteiger partial charge in [0.1, 0.15) is 0 Å². The van der Waals surface area contributed by atoms with Crippen LogP contribution in [0.15, 0.2) is 22.7 Å². The molecule has 1 aliphatic rings. The number of carboxylic acid groups (broad SMARTS) is 1. The van der Waals surface area contributed by atoms with E-state index >= 15 is 0 Å². The Morgan fingerprint density at radius 2 is 2.00 bits per heavy atom. The molecule has 7 heteroatoms. The van der Waals surface area contributed by atoms with E-state index in [2.05, 4.69) is 26.6 Å². The third kappa shape index (κ3) is 4.14. The molecule has 1 saturated heterocycles. The summed E-state index contributed by atoms with van der Waals surface area (Å²) in [6.07, 6.45) is 1.93. The van der Waals surface area contributed by atoms with Crippen LogP contribution < -0.4 is 10.6 Å². The number of urea groups is 1. The molecule has 20 heavy (non-hydrogen) atoms. The lowest BCUT2D eigenvalue weighted by molar-refractivity contribution is 0.0697. The van der Waals surface area contributed by atoms with E-state index in [-0.39, 0.29) is 17.6 Å². The smallest absolute Gasteiger partial charge is 0.335 e. The summed E-state index contributed by atoms with van der Waals surface area (Å²) in [5.74, 6) is 1.09. The van der Waals surface area contributed by atoms with Crippen molar-refractivity contribution in [1.29, 1.82) is 0 Å². The van der Waals surface area contributed by atoms with E-state index in [0.29, 0.717) is 10.2 Å². The van der Waals surface area contributed by atoms with Crippen LogP contribution in [0, 0.1) is 0 Å². The molecule has 2 rings (SSSR count). The molecule has 0 radical (unpaired) electrons. The highest BCUT2D eigenvalue weighted by Gasteiger charge is 2.16. The van der Waals surface area contributed by atoms with Crippen molar-refractivity contribution in [2.75, 3.05) is 16.8 Å². The zero-order valence-electron chi connectivity index (χ0n) is 10.7. The van der Waals surface area contributed by atoms with Gasteiger partial charge in [0.25, 0.3) is 0 Å². The molecule has 1 aromatic rings. The molecule has 2 amide bonds. The van der Waals surface area contributed by atoms with Crippen molar-refractivity contribution in [3.05, 3.63) is 28.2 Å². The lowest BCUT2D eigenvalue weighted by Gasteiger charge is -2.22. The maximum absolute atomic E-state index is 11.9. The largest absolute Gasteiger partial charge is 0.478 e. The number of thioether (sulfide) groups is 1. The summed E-state index contributed by atoms with van der Waals surface area (Å²) in [7, 11) is 0. The Balaban J connectivity index is 1.99. The molecule has 0 aliphatic carbocycles. The highest BCUT2D eigenvalue weighted by molar-refractivity contribution is 9.10. The van der Waals surface area contributed by atoms with Crippen LogP contribution >= 0.6 is 27.7 Å². The average Bonchev–Trinajstić information content (AvgIpc) is 2.42. The molecule has 1 fully saturated rings. The van der Waals surface area contributed by atoms with Crippen molar-refractivity contribution in [2.24, 2.45) is 0 Å². The minimum Gasteiger partial charge on any atom is -0.478 e. The number of hydrogen-bond acceptors (Lipinski definition) is 3. The monoisotopic (exact) mass is 358 g/mol. The topological polar surface area (TPSA) is 78.4 Å². The van der Waals surface area contributed by atoms with E-state index in [0.717, 1.165) is 24.3 Å². The van der Waals surface area contributed by atoms with E-state index in [4.69, 9.17) is 5.11 Å². The number of benzene rings is 1. The fourth-order valence-corrected chi connectivity index (χ4v) is 3.39. The van der Waals surface area contributed by atoms with E-state index < -0.39 is 5.97 Å². The predicted molar refractivity (Wildman–Crippen MR) is 83.6 cm³/mol. The fourth-order valence-electron chi connectivity index (χ4n) is 1.94. The van der Waals surface area contributed by atoms with E-state index in [1.807, 2.05) is 11.8 Å². The Bertz CT molecular complexity index is 518. The van der Waals surface area contributed by atoms with Gasteiger partial charge in [0.15, 0.2) is 0 Å². The van der Waals surface area contributed by atoms with Gasteiger partial charge in [0, 0.05) is 10.5 Å². The van der Waals surface area contributed by atoms with Crippen molar-refractivity contribution in [2.45, 2.75) is 18.9 Å². The van der Waals surface area contributed by atoms with Gasteiger partial charge in [-0.25, -0.2) is 9.59 Å². The van der Waals surface area contributed by atoms with Gasteiger partial charge in [0.05, 0.1) is 11.3 Å². The molecule has 0 saturated carbocycles. The summed E-state index contributed by atoms with van der Waals surface area (Å²) < 4.78 is 0.650. The molecule has 0 spiro atoms. The molecule has 0 unspecified atom stereocenters. The molecule has 0 aromatic heterocycles. The predicted octanol–water partition coefficient (Wildman–Crippen LogP) is 3.16. The minimum absolute atomic E-state index is 0.137. The third-order valence-electron chi connectivity index (χ3n) is 3.02. The van der Waals surface area contributed by atoms with E-state index in [9.17, 15) is 9.59 Å². The van der Waals surface area contributed by atoms with Gasteiger partial charge in [-0.3, -0.25) is 0 Å². The maximum atomic E-state index is 11.9. The quantitative estimate of drug-likeness (QED) is 0.775. The maximum Gasteiger partial charge on any atom is 0.335 e. The highest BCUT2D eigenvalue weighted by atomic mass is 79.9. The number of carboxylic acids is 1. The first-order valence-electron chi connectivity index (χ1n) is 6.24. The summed E-state index contributed by atoms with van der Waals surface area (Å²) in [6.45, 7) is 0. The number of anilines is 1. The van der Waals surface area contributed by atoms with Crippen molar-refractivity contribution in [1.82, 2.24) is 5.32 Å². The van der Waals surface area contributed by atoms with Crippen LogP contribution in [-0.4, -0.2) is 34.7 Å². The number of nitrogens with one attached hydrogen (secondary N) is 2. The second-order valence-electron chi connectivity index (χ2n) is 4.48. The van der Waals surface area contributed by atoms with Crippen LogP contribution in [0.25, 0.3) is 0 Å². The zero-order chi connectivity index (χ0) is 14.5. The minimum atomic E-state index is -1.02. The Morgan fingerprint density at radius 1 is 1.30 bits per heavy atom. The second-order valence-corrected chi connectivity index (χ2v) is 6.56. The lowest BCUT2D eigenvalue weighted by Crippen LogP contribution is -2.40. The first kappa shape index (κ1) is 15.2. The Morgan fingerprint density at radius 3 is 2.65 bits per heavy atom.